The summed E-state index contributed by atoms with van der Waals surface area (Å²) in [5.41, 5.74) is 1.34. The lowest BCUT2D eigenvalue weighted by atomic mass is 10.1. The lowest BCUT2D eigenvalue weighted by molar-refractivity contribution is -0.139. The molecule has 20 heavy (non-hydrogen) atoms. The van der Waals surface area contributed by atoms with Crippen molar-refractivity contribution in [3.05, 3.63) is 30.0 Å². The molecule has 1 amide bonds. The van der Waals surface area contributed by atoms with Gasteiger partial charge in [0.2, 0.25) is 5.91 Å². The Morgan fingerprint density at radius 2 is 2.30 bits per heavy atom. The van der Waals surface area contributed by atoms with Crippen LogP contribution >= 0.6 is 0 Å². The zero-order valence-corrected chi connectivity index (χ0v) is 11.0. The van der Waals surface area contributed by atoms with Crippen LogP contribution in [0.1, 0.15) is 5.69 Å². The summed E-state index contributed by atoms with van der Waals surface area (Å²) in [7, 11) is 0. The number of nitrogens with zero attached hydrogens (tertiary/aromatic N) is 2. The molecule has 1 aliphatic rings. The number of aliphatic hydroxyl groups is 1. The third-order valence-corrected chi connectivity index (χ3v) is 3.47. The number of para-hydroxylation sites is 1. The van der Waals surface area contributed by atoms with E-state index >= 15 is 0 Å². The van der Waals surface area contributed by atoms with Crippen LogP contribution in [0.4, 0.5) is 0 Å². The van der Waals surface area contributed by atoms with Crippen LogP contribution in [-0.4, -0.2) is 53.5 Å². The fraction of sp³-hybridized carbons (Fsp3) is 0.429. The van der Waals surface area contributed by atoms with Crippen molar-refractivity contribution in [1.29, 1.82) is 0 Å². The van der Waals surface area contributed by atoms with Crippen molar-refractivity contribution in [2.75, 3.05) is 26.3 Å². The van der Waals surface area contributed by atoms with Crippen LogP contribution in [0.5, 0.6) is 0 Å². The molecule has 0 aliphatic carbocycles. The SMILES string of the molecule is O=C(Cc1noc2ccccc12)N1CCOC(CO)C1. The number of carbonyl (C=O) groups excluding carboxylic acids is 1. The first-order valence-electron chi connectivity index (χ1n) is 6.61. The normalized spacial score (nSPS) is 19.4. The van der Waals surface area contributed by atoms with Crippen LogP contribution in [0.3, 0.4) is 0 Å². The van der Waals surface area contributed by atoms with E-state index in [0.717, 1.165) is 5.39 Å². The second kappa shape index (κ2) is 5.60. The van der Waals surface area contributed by atoms with Gasteiger partial charge in [-0.1, -0.05) is 17.3 Å². The van der Waals surface area contributed by atoms with E-state index < -0.39 is 0 Å². The van der Waals surface area contributed by atoms with Crippen LogP contribution < -0.4 is 0 Å². The van der Waals surface area contributed by atoms with Gasteiger partial charge >= 0.3 is 0 Å². The van der Waals surface area contributed by atoms with E-state index in [4.69, 9.17) is 14.4 Å². The average molecular weight is 276 g/mol. The lowest BCUT2D eigenvalue weighted by Crippen LogP contribution is -2.47. The number of aliphatic hydroxyl groups excluding tert-OH is 1. The molecular weight excluding hydrogens is 260 g/mol. The molecule has 1 saturated heterocycles. The van der Waals surface area contributed by atoms with Gasteiger partial charge in [0.25, 0.3) is 0 Å². The highest BCUT2D eigenvalue weighted by atomic mass is 16.5. The highest BCUT2D eigenvalue weighted by molar-refractivity contribution is 5.86. The highest BCUT2D eigenvalue weighted by Crippen LogP contribution is 2.19. The zero-order valence-electron chi connectivity index (χ0n) is 11.0. The number of carbonyl (C=O) groups is 1. The van der Waals surface area contributed by atoms with E-state index in [0.29, 0.717) is 31.0 Å². The first kappa shape index (κ1) is 13.1. The second-order valence-corrected chi connectivity index (χ2v) is 4.82. The van der Waals surface area contributed by atoms with Gasteiger partial charge in [0.1, 0.15) is 5.69 Å². The Morgan fingerprint density at radius 3 is 3.15 bits per heavy atom. The number of aromatic nitrogens is 1. The monoisotopic (exact) mass is 276 g/mol. The van der Waals surface area contributed by atoms with Gasteiger partial charge in [-0.2, -0.15) is 0 Å². The molecule has 106 valence electrons. The van der Waals surface area contributed by atoms with Crippen molar-refractivity contribution >= 4 is 16.9 Å². The molecule has 1 fully saturated rings. The van der Waals surface area contributed by atoms with E-state index in [9.17, 15) is 4.79 Å². The van der Waals surface area contributed by atoms with Crippen molar-refractivity contribution in [3.63, 3.8) is 0 Å². The maximum atomic E-state index is 12.3. The smallest absolute Gasteiger partial charge is 0.228 e. The van der Waals surface area contributed by atoms with E-state index in [-0.39, 0.29) is 25.0 Å². The predicted molar refractivity (Wildman–Crippen MR) is 71.1 cm³/mol. The van der Waals surface area contributed by atoms with E-state index in [2.05, 4.69) is 5.16 Å². The van der Waals surface area contributed by atoms with Gasteiger partial charge in [0, 0.05) is 18.5 Å². The molecule has 0 radical (unpaired) electrons. The first-order chi connectivity index (χ1) is 9.78. The number of amides is 1. The topological polar surface area (TPSA) is 75.8 Å². The van der Waals surface area contributed by atoms with Crippen molar-refractivity contribution in [2.24, 2.45) is 0 Å². The molecule has 6 nitrogen and oxygen atoms in total. The van der Waals surface area contributed by atoms with Gasteiger partial charge in [-0.3, -0.25) is 4.79 Å². The largest absolute Gasteiger partial charge is 0.394 e. The van der Waals surface area contributed by atoms with Crippen molar-refractivity contribution < 1.29 is 19.2 Å². The molecule has 1 aromatic carbocycles. The quantitative estimate of drug-likeness (QED) is 0.888. The molecule has 0 bridgehead atoms. The molecule has 2 aromatic rings. The summed E-state index contributed by atoms with van der Waals surface area (Å²) in [6.07, 6.45) is -0.0865. The predicted octanol–water partition coefficient (Wildman–Crippen LogP) is 0.590. The molecule has 1 aromatic heterocycles. The summed E-state index contributed by atoms with van der Waals surface area (Å²) in [4.78, 5) is 14.0. The minimum Gasteiger partial charge on any atom is -0.394 e. The fourth-order valence-electron chi connectivity index (χ4n) is 2.38. The summed E-state index contributed by atoms with van der Waals surface area (Å²) in [5, 5.41) is 13.9. The third kappa shape index (κ3) is 2.52. The Morgan fingerprint density at radius 1 is 1.45 bits per heavy atom. The maximum absolute atomic E-state index is 12.3. The molecule has 1 unspecified atom stereocenters. The number of benzene rings is 1. The number of hydrogen-bond donors (Lipinski definition) is 1. The summed E-state index contributed by atoms with van der Waals surface area (Å²) < 4.78 is 10.5. The van der Waals surface area contributed by atoms with Gasteiger partial charge in [-0.25, -0.2) is 0 Å². The van der Waals surface area contributed by atoms with Gasteiger partial charge in [0.05, 0.1) is 25.7 Å². The minimum absolute atomic E-state index is 0.0224. The van der Waals surface area contributed by atoms with Crippen LogP contribution in [0, 0.1) is 0 Å². The first-order valence-corrected chi connectivity index (χ1v) is 6.61. The number of rotatable bonds is 3. The van der Waals surface area contributed by atoms with Crippen LogP contribution in [0.15, 0.2) is 28.8 Å². The minimum atomic E-state index is -0.290. The molecule has 1 N–H and O–H groups in total. The Kier molecular flexibility index (Phi) is 3.66. The Balaban J connectivity index is 1.72. The second-order valence-electron chi connectivity index (χ2n) is 4.82. The van der Waals surface area contributed by atoms with Crippen LogP contribution in [0.25, 0.3) is 11.0 Å². The summed E-state index contributed by atoms with van der Waals surface area (Å²) >= 11 is 0. The van der Waals surface area contributed by atoms with Gasteiger partial charge < -0.3 is 19.3 Å². The molecule has 0 saturated carbocycles. The summed E-state index contributed by atoms with van der Waals surface area (Å²) in [6.45, 7) is 1.35. The molecule has 1 aliphatic heterocycles. The van der Waals surface area contributed by atoms with Crippen molar-refractivity contribution in [2.45, 2.75) is 12.5 Å². The van der Waals surface area contributed by atoms with Gasteiger partial charge in [0.15, 0.2) is 5.58 Å². The maximum Gasteiger partial charge on any atom is 0.228 e. The Bertz CT molecular complexity index is 610. The lowest BCUT2D eigenvalue weighted by Gasteiger charge is -2.31. The molecular formula is C14H16N2O4. The average Bonchev–Trinajstić information content (AvgIpc) is 2.90. The summed E-state index contributed by atoms with van der Waals surface area (Å²) in [6, 6.07) is 7.48. The van der Waals surface area contributed by atoms with E-state index in [1.54, 1.807) is 4.90 Å². The molecule has 2 heterocycles. The fourth-order valence-corrected chi connectivity index (χ4v) is 2.38. The molecule has 1 atom stereocenters. The number of ether oxygens (including phenoxy) is 1. The third-order valence-electron chi connectivity index (χ3n) is 3.47. The molecule has 6 heteroatoms. The van der Waals surface area contributed by atoms with E-state index in [1.165, 1.54) is 0 Å². The Labute approximate surface area is 115 Å². The van der Waals surface area contributed by atoms with E-state index in [1.807, 2.05) is 24.3 Å². The van der Waals surface area contributed by atoms with Gasteiger partial charge in [-0.15, -0.1) is 0 Å². The molecule has 0 spiro atoms. The number of morpholine rings is 1. The number of hydrogen-bond acceptors (Lipinski definition) is 5. The van der Waals surface area contributed by atoms with Crippen molar-refractivity contribution in [3.8, 4) is 0 Å². The standard InChI is InChI=1S/C14H16N2O4/c17-9-10-8-16(5-6-19-10)14(18)7-12-11-3-1-2-4-13(11)20-15-12/h1-4,10,17H,5-9H2. The zero-order chi connectivity index (χ0) is 13.9. The van der Waals surface area contributed by atoms with Crippen LogP contribution in [-0.2, 0) is 16.0 Å². The van der Waals surface area contributed by atoms with Gasteiger partial charge in [-0.05, 0) is 12.1 Å². The van der Waals surface area contributed by atoms with Crippen molar-refractivity contribution in [1.82, 2.24) is 10.1 Å². The highest BCUT2D eigenvalue weighted by Gasteiger charge is 2.24. The summed E-state index contributed by atoms with van der Waals surface area (Å²) in [5.74, 6) is -0.0224. The molecule has 3 rings (SSSR count). The Hall–Kier alpha value is -1.92. The van der Waals surface area contributed by atoms with Crippen LogP contribution in [0.2, 0.25) is 0 Å². The number of fused-ring (bicyclic) bond motifs is 1.